The number of nitrogens with zero attached hydrogens (tertiary/aromatic N) is 1. The van der Waals surface area contributed by atoms with E-state index >= 15 is 0 Å². The van der Waals surface area contributed by atoms with Crippen molar-refractivity contribution in [1.29, 1.82) is 0 Å². The molecular weight excluding hydrogens is 344 g/mol. The fraction of sp³-hybridized carbons (Fsp3) is 0.467. The maximum absolute atomic E-state index is 12.6. The quantitative estimate of drug-likeness (QED) is 0.800. The predicted octanol–water partition coefficient (Wildman–Crippen LogP) is 1.39. The van der Waals surface area contributed by atoms with E-state index in [0.717, 1.165) is 0 Å². The van der Waals surface area contributed by atoms with Crippen LogP contribution in [0.4, 0.5) is 8.78 Å². The molecule has 0 saturated carbocycles. The summed E-state index contributed by atoms with van der Waals surface area (Å²) in [4.78, 5) is 26.1. The van der Waals surface area contributed by atoms with E-state index in [4.69, 9.17) is 5.73 Å². The Balaban J connectivity index is 0.00000288. The third-order valence-electron chi connectivity index (χ3n) is 3.59. The monoisotopic (exact) mass is 363 g/mol. The molecule has 9 heteroatoms. The molecule has 0 aromatic heterocycles. The second-order valence-corrected chi connectivity index (χ2v) is 5.11. The van der Waals surface area contributed by atoms with Crippen LogP contribution in [-0.2, 0) is 4.79 Å². The average molecular weight is 364 g/mol. The van der Waals surface area contributed by atoms with Crippen LogP contribution in [0.15, 0.2) is 24.3 Å². The first-order chi connectivity index (χ1) is 11.0. The molecule has 134 valence electrons. The van der Waals surface area contributed by atoms with Gasteiger partial charge in [0.25, 0.3) is 5.91 Å². The van der Waals surface area contributed by atoms with Gasteiger partial charge in [-0.1, -0.05) is 12.1 Å². The highest BCUT2D eigenvalue weighted by Gasteiger charge is 2.35. The van der Waals surface area contributed by atoms with Crippen molar-refractivity contribution in [3.05, 3.63) is 29.8 Å². The van der Waals surface area contributed by atoms with Crippen molar-refractivity contribution < 1.29 is 23.1 Å². The van der Waals surface area contributed by atoms with Crippen LogP contribution in [0.25, 0.3) is 0 Å². The molecule has 24 heavy (non-hydrogen) atoms. The zero-order valence-corrected chi connectivity index (χ0v) is 13.7. The lowest BCUT2D eigenvalue weighted by Gasteiger charge is -2.24. The van der Waals surface area contributed by atoms with Crippen molar-refractivity contribution >= 4 is 24.2 Å². The average Bonchev–Trinajstić information content (AvgIpc) is 3.01. The van der Waals surface area contributed by atoms with Crippen LogP contribution in [0, 0.1) is 0 Å². The first-order valence-corrected chi connectivity index (χ1v) is 7.37. The number of rotatable bonds is 6. The summed E-state index contributed by atoms with van der Waals surface area (Å²) >= 11 is 0. The summed E-state index contributed by atoms with van der Waals surface area (Å²) in [5, 5.41) is 2.65. The molecule has 2 rings (SSSR count). The second-order valence-electron chi connectivity index (χ2n) is 5.11. The maximum Gasteiger partial charge on any atom is 0.387 e. The van der Waals surface area contributed by atoms with E-state index in [9.17, 15) is 18.4 Å². The molecule has 3 N–H and O–H groups in total. The number of nitrogens with two attached hydrogens (primary N) is 1. The van der Waals surface area contributed by atoms with Gasteiger partial charge in [0.2, 0.25) is 5.91 Å². The Morgan fingerprint density at radius 3 is 2.75 bits per heavy atom. The third kappa shape index (κ3) is 4.78. The lowest BCUT2D eigenvalue weighted by atomic mass is 10.1. The van der Waals surface area contributed by atoms with Gasteiger partial charge < -0.3 is 20.7 Å². The molecule has 1 unspecified atom stereocenters. The standard InChI is InChI=1S/C15H19F2N3O3.ClH/c16-15(17)23-12-6-2-1-4-10(12)14(22)20-9-3-5-11(20)13(21)19-8-7-18;/h1-2,4,6,11,15H,3,5,7-9,18H2,(H,19,21);1H. The molecule has 0 aliphatic carbocycles. The van der Waals surface area contributed by atoms with Crippen molar-refractivity contribution in [3.63, 3.8) is 0 Å². The number of benzene rings is 1. The molecule has 0 spiro atoms. The number of hydrogen-bond donors (Lipinski definition) is 2. The molecule has 1 aliphatic rings. The molecule has 1 aromatic carbocycles. The van der Waals surface area contributed by atoms with Crippen molar-refractivity contribution in [2.45, 2.75) is 25.5 Å². The van der Waals surface area contributed by atoms with E-state index < -0.39 is 18.6 Å². The van der Waals surface area contributed by atoms with Gasteiger partial charge in [-0.3, -0.25) is 9.59 Å². The zero-order chi connectivity index (χ0) is 16.8. The molecular formula is C15H20ClF2N3O3. The van der Waals surface area contributed by atoms with Crippen molar-refractivity contribution in [2.75, 3.05) is 19.6 Å². The van der Waals surface area contributed by atoms with E-state index in [2.05, 4.69) is 10.1 Å². The highest BCUT2D eigenvalue weighted by molar-refractivity contribution is 6.00. The Hall–Kier alpha value is -1.93. The Kier molecular flexibility index (Phi) is 7.87. The second kappa shape index (κ2) is 9.39. The SMILES string of the molecule is Cl.NCCNC(=O)C1CCCN1C(=O)c1ccccc1OC(F)F. The number of likely N-dealkylation sites (tertiary alicyclic amines) is 1. The van der Waals surface area contributed by atoms with Crippen LogP contribution < -0.4 is 15.8 Å². The minimum Gasteiger partial charge on any atom is -0.434 e. The minimum atomic E-state index is -3.02. The van der Waals surface area contributed by atoms with E-state index in [1.165, 1.54) is 23.1 Å². The highest BCUT2D eigenvalue weighted by Crippen LogP contribution is 2.26. The normalized spacial score (nSPS) is 16.7. The number of alkyl halides is 2. The molecule has 6 nitrogen and oxygen atoms in total. The first kappa shape index (κ1) is 20.1. The van der Waals surface area contributed by atoms with E-state index in [1.807, 2.05) is 0 Å². The van der Waals surface area contributed by atoms with Gasteiger partial charge in [-0.05, 0) is 25.0 Å². The minimum absolute atomic E-state index is 0. The number of para-hydroxylation sites is 1. The molecule has 2 amide bonds. The van der Waals surface area contributed by atoms with Gasteiger partial charge in [-0.2, -0.15) is 8.78 Å². The largest absolute Gasteiger partial charge is 0.434 e. The number of amides is 2. The molecule has 1 aromatic rings. The van der Waals surface area contributed by atoms with Crippen LogP contribution in [0.2, 0.25) is 0 Å². The first-order valence-electron chi connectivity index (χ1n) is 7.37. The Labute approximate surface area is 144 Å². The van der Waals surface area contributed by atoms with Gasteiger partial charge in [-0.15, -0.1) is 12.4 Å². The van der Waals surface area contributed by atoms with E-state index in [0.29, 0.717) is 32.5 Å². The van der Waals surface area contributed by atoms with E-state index in [-0.39, 0.29) is 29.6 Å². The molecule has 0 bridgehead atoms. The Morgan fingerprint density at radius 1 is 1.38 bits per heavy atom. The number of nitrogens with one attached hydrogen (secondary N) is 1. The van der Waals surface area contributed by atoms with Gasteiger partial charge in [0, 0.05) is 19.6 Å². The summed E-state index contributed by atoms with van der Waals surface area (Å²) in [6.07, 6.45) is 1.20. The molecule has 1 atom stereocenters. The van der Waals surface area contributed by atoms with Crippen LogP contribution >= 0.6 is 12.4 Å². The third-order valence-corrected chi connectivity index (χ3v) is 3.59. The van der Waals surface area contributed by atoms with Crippen molar-refractivity contribution in [2.24, 2.45) is 5.73 Å². The lowest BCUT2D eigenvalue weighted by molar-refractivity contribution is -0.124. The summed E-state index contributed by atoms with van der Waals surface area (Å²) in [5.41, 5.74) is 5.36. The molecule has 1 heterocycles. The molecule has 1 saturated heterocycles. The van der Waals surface area contributed by atoms with Crippen LogP contribution in [0.3, 0.4) is 0 Å². The number of carbonyl (C=O) groups is 2. The fourth-order valence-electron chi connectivity index (χ4n) is 2.59. The topological polar surface area (TPSA) is 84.7 Å². The number of carbonyl (C=O) groups excluding carboxylic acids is 2. The summed E-state index contributed by atoms with van der Waals surface area (Å²) < 4.78 is 29.3. The van der Waals surface area contributed by atoms with Gasteiger partial charge in [0.1, 0.15) is 11.8 Å². The molecule has 1 fully saturated rings. The van der Waals surface area contributed by atoms with Crippen molar-refractivity contribution in [3.8, 4) is 5.75 Å². The van der Waals surface area contributed by atoms with Gasteiger partial charge in [-0.25, -0.2) is 0 Å². The number of hydrogen-bond acceptors (Lipinski definition) is 4. The van der Waals surface area contributed by atoms with Crippen molar-refractivity contribution in [1.82, 2.24) is 10.2 Å². The zero-order valence-electron chi connectivity index (χ0n) is 12.9. The predicted molar refractivity (Wildman–Crippen MR) is 86.4 cm³/mol. The van der Waals surface area contributed by atoms with Crippen LogP contribution in [0.1, 0.15) is 23.2 Å². The maximum atomic E-state index is 12.6. The number of halogens is 3. The molecule has 1 aliphatic heterocycles. The summed E-state index contributed by atoms with van der Waals surface area (Å²) in [5.74, 6) is -0.972. The summed E-state index contributed by atoms with van der Waals surface area (Å²) in [6.45, 7) is -2.01. The van der Waals surface area contributed by atoms with Crippen LogP contribution in [-0.4, -0.2) is 49.0 Å². The van der Waals surface area contributed by atoms with Gasteiger partial charge >= 0.3 is 6.61 Å². The van der Waals surface area contributed by atoms with E-state index in [1.54, 1.807) is 6.07 Å². The Bertz CT molecular complexity index is 575. The highest BCUT2D eigenvalue weighted by atomic mass is 35.5. The number of ether oxygens (including phenoxy) is 1. The lowest BCUT2D eigenvalue weighted by Crippen LogP contribution is -2.47. The summed E-state index contributed by atoms with van der Waals surface area (Å²) in [6, 6.07) is 5.16. The fourth-order valence-corrected chi connectivity index (χ4v) is 2.59. The van der Waals surface area contributed by atoms with Crippen LogP contribution in [0.5, 0.6) is 5.75 Å². The Morgan fingerprint density at radius 2 is 2.08 bits per heavy atom. The van der Waals surface area contributed by atoms with Gasteiger partial charge in [0.05, 0.1) is 5.56 Å². The smallest absolute Gasteiger partial charge is 0.387 e. The molecule has 0 radical (unpaired) electrons. The summed E-state index contributed by atoms with van der Waals surface area (Å²) in [7, 11) is 0. The van der Waals surface area contributed by atoms with Gasteiger partial charge in [0.15, 0.2) is 0 Å².